The van der Waals surface area contributed by atoms with Crippen LogP contribution < -0.4 is 11.1 Å². The highest BCUT2D eigenvalue weighted by molar-refractivity contribution is 6.33. The van der Waals surface area contributed by atoms with Crippen LogP contribution in [-0.4, -0.2) is 15.7 Å². The second-order valence-corrected chi connectivity index (χ2v) is 4.27. The van der Waals surface area contributed by atoms with Crippen molar-refractivity contribution < 1.29 is 4.79 Å². The predicted octanol–water partition coefficient (Wildman–Crippen LogP) is 1.78. The third kappa shape index (κ3) is 2.62. The van der Waals surface area contributed by atoms with E-state index in [9.17, 15) is 4.79 Å². The molecule has 0 fully saturated rings. The molecule has 1 amide bonds. The van der Waals surface area contributed by atoms with Crippen LogP contribution in [0.15, 0.2) is 30.5 Å². The molecule has 0 spiro atoms. The lowest BCUT2D eigenvalue weighted by atomic mass is 10.2. The van der Waals surface area contributed by atoms with E-state index in [0.29, 0.717) is 22.8 Å². The molecule has 0 saturated carbocycles. The first-order valence-corrected chi connectivity index (χ1v) is 5.76. The van der Waals surface area contributed by atoms with Gasteiger partial charge < -0.3 is 11.1 Å². The Labute approximate surface area is 110 Å². The Hall–Kier alpha value is -2.01. The highest BCUT2D eigenvalue weighted by Gasteiger charge is 2.06. The first-order chi connectivity index (χ1) is 8.58. The molecule has 0 aliphatic rings. The summed E-state index contributed by atoms with van der Waals surface area (Å²) in [6.45, 7) is 0.568. The van der Waals surface area contributed by atoms with Gasteiger partial charge in [0.05, 0.1) is 22.9 Å². The average molecular weight is 265 g/mol. The molecule has 0 atom stereocenters. The second kappa shape index (κ2) is 5.10. The molecule has 0 radical (unpaired) electrons. The Bertz CT molecular complexity index is 579. The minimum absolute atomic E-state index is 0.423. The lowest BCUT2D eigenvalue weighted by Crippen LogP contribution is -2.12. The molecule has 94 valence electrons. The predicted molar refractivity (Wildman–Crippen MR) is 70.5 cm³/mol. The van der Waals surface area contributed by atoms with Crippen molar-refractivity contribution in [1.82, 2.24) is 9.78 Å². The van der Waals surface area contributed by atoms with Crippen molar-refractivity contribution in [3.8, 4) is 0 Å². The second-order valence-electron chi connectivity index (χ2n) is 3.86. The van der Waals surface area contributed by atoms with Gasteiger partial charge in [-0.05, 0) is 24.3 Å². The van der Waals surface area contributed by atoms with Gasteiger partial charge in [0.2, 0.25) is 5.91 Å². The fraction of sp³-hybridized carbons (Fsp3) is 0.167. The first kappa shape index (κ1) is 12.4. The Kier molecular flexibility index (Phi) is 3.53. The zero-order valence-electron chi connectivity index (χ0n) is 9.85. The van der Waals surface area contributed by atoms with E-state index in [1.165, 1.54) is 0 Å². The molecule has 0 saturated heterocycles. The molecule has 6 heteroatoms. The Morgan fingerprint density at radius 2 is 2.28 bits per heavy atom. The van der Waals surface area contributed by atoms with Gasteiger partial charge in [-0.25, -0.2) is 0 Å². The summed E-state index contributed by atoms with van der Waals surface area (Å²) in [7, 11) is 1.86. The molecule has 0 aliphatic carbocycles. The summed E-state index contributed by atoms with van der Waals surface area (Å²) in [5, 5.41) is 7.76. The zero-order valence-corrected chi connectivity index (χ0v) is 10.6. The van der Waals surface area contributed by atoms with Gasteiger partial charge in [0.15, 0.2) is 0 Å². The Morgan fingerprint density at radius 1 is 1.50 bits per heavy atom. The van der Waals surface area contributed by atoms with E-state index in [1.807, 2.05) is 13.1 Å². The first-order valence-electron chi connectivity index (χ1n) is 5.38. The van der Waals surface area contributed by atoms with Crippen molar-refractivity contribution >= 4 is 23.2 Å². The average Bonchev–Trinajstić information content (AvgIpc) is 2.73. The third-order valence-corrected chi connectivity index (χ3v) is 2.96. The normalized spacial score (nSPS) is 10.3. The fourth-order valence-corrected chi connectivity index (χ4v) is 1.76. The number of carbonyl (C=O) groups excluding carboxylic acids is 1. The lowest BCUT2D eigenvalue weighted by Gasteiger charge is -2.09. The quantitative estimate of drug-likeness (QED) is 0.884. The van der Waals surface area contributed by atoms with Crippen LogP contribution in [0.5, 0.6) is 0 Å². The molecule has 2 aromatic rings. The number of hydrogen-bond donors (Lipinski definition) is 2. The number of nitrogens with zero attached hydrogens (tertiary/aromatic N) is 2. The van der Waals surface area contributed by atoms with E-state index < -0.39 is 5.91 Å². The summed E-state index contributed by atoms with van der Waals surface area (Å²) in [6, 6.07) is 6.78. The van der Waals surface area contributed by atoms with Gasteiger partial charge in [-0.2, -0.15) is 5.10 Å². The number of halogens is 1. The van der Waals surface area contributed by atoms with Crippen molar-refractivity contribution in [2.75, 3.05) is 5.32 Å². The summed E-state index contributed by atoms with van der Waals surface area (Å²) in [5.41, 5.74) is 7.33. The minimum atomic E-state index is -0.477. The van der Waals surface area contributed by atoms with Crippen LogP contribution in [0.25, 0.3) is 0 Å². The molecule has 1 aromatic heterocycles. The maximum atomic E-state index is 11.1. The van der Waals surface area contributed by atoms with Crippen LogP contribution in [0.2, 0.25) is 5.02 Å². The maximum absolute atomic E-state index is 11.1. The lowest BCUT2D eigenvalue weighted by molar-refractivity contribution is 0.100. The Balaban J connectivity index is 2.16. The number of amides is 1. The van der Waals surface area contributed by atoms with E-state index in [2.05, 4.69) is 10.4 Å². The number of carbonyl (C=O) groups is 1. The van der Waals surface area contributed by atoms with Crippen molar-refractivity contribution in [3.63, 3.8) is 0 Å². The van der Waals surface area contributed by atoms with Gasteiger partial charge in [-0.3, -0.25) is 9.48 Å². The Morgan fingerprint density at radius 3 is 2.89 bits per heavy atom. The molecular weight excluding hydrogens is 252 g/mol. The van der Waals surface area contributed by atoms with Crippen molar-refractivity contribution in [2.24, 2.45) is 12.8 Å². The molecule has 0 unspecified atom stereocenters. The van der Waals surface area contributed by atoms with Gasteiger partial charge in [0.1, 0.15) is 0 Å². The smallest absolute Gasteiger partial charge is 0.248 e. The molecule has 0 bridgehead atoms. The van der Waals surface area contributed by atoms with Gasteiger partial charge in [0, 0.05) is 18.8 Å². The number of hydrogen-bond acceptors (Lipinski definition) is 3. The van der Waals surface area contributed by atoms with Crippen molar-refractivity contribution in [2.45, 2.75) is 6.54 Å². The number of primary amides is 1. The number of aromatic nitrogens is 2. The van der Waals surface area contributed by atoms with Gasteiger partial charge in [0.25, 0.3) is 0 Å². The summed E-state index contributed by atoms with van der Waals surface area (Å²) in [5.74, 6) is -0.477. The van der Waals surface area contributed by atoms with Crippen LogP contribution in [0, 0.1) is 0 Å². The number of aryl methyl sites for hydroxylation is 1. The maximum Gasteiger partial charge on any atom is 0.248 e. The van der Waals surface area contributed by atoms with E-state index >= 15 is 0 Å². The van der Waals surface area contributed by atoms with Gasteiger partial charge >= 0.3 is 0 Å². The standard InChI is InChI=1S/C12H13ClN4O/c1-17-9(4-5-16-17)7-15-11-6-8(12(14)18)2-3-10(11)13/h2-6,15H,7H2,1H3,(H2,14,18). The van der Waals surface area contributed by atoms with Crippen LogP contribution >= 0.6 is 11.6 Å². The molecule has 0 aliphatic heterocycles. The third-order valence-electron chi connectivity index (χ3n) is 2.63. The molecule has 18 heavy (non-hydrogen) atoms. The van der Waals surface area contributed by atoms with E-state index in [0.717, 1.165) is 5.69 Å². The zero-order chi connectivity index (χ0) is 13.1. The summed E-state index contributed by atoms with van der Waals surface area (Å²) in [6.07, 6.45) is 1.72. The van der Waals surface area contributed by atoms with Crippen LogP contribution in [0.1, 0.15) is 16.1 Å². The minimum Gasteiger partial charge on any atom is -0.378 e. The topological polar surface area (TPSA) is 72.9 Å². The monoisotopic (exact) mass is 264 g/mol. The SMILES string of the molecule is Cn1nccc1CNc1cc(C(N)=O)ccc1Cl. The van der Waals surface area contributed by atoms with E-state index in [1.54, 1.807) is 29.1 Å². The molecule has 1 aromatic carbocycles. The highest BCUT2D eigenvalue weighted by atomic mass is 35.5. The van der Waals surface area contributed by atoms with E-state index in [-0.39, 0.29) is 0 Å². The molecule has 1 heterocycles. The van der Waals surface area contributed by atoms with Crippen LogP contribution in [0.4, 0.5) is 5.69 Å². The number of nitrogens with two attached hydrogens (primary N) is 1. The number of rotatable bonds is 4. The van der Waals surface area contributed by atoms with Gasteiger partial charge in [-0.15, -0.1) is 0 Å². The van der Waals surface area contributed by atoms with Crippen molar-refractivity contribution in [3.05, 3.63) is 46.7 Å². The molecular formula is C12H13ClN4O. The van der Waals surface area contributed by atoms with Crippen molar-refractivity contribution in [1.29, 1.82) is 0 Å². The molecule has 5 nitrogen and oxygen atoms in total. The van der Waals surface area contributed by atoms with Gasteiger partial charge in [-0.1, -0.05) is 11.6 Å². The summed E-state index contributed by atoms with van der Waals surface area (Å²) >= 11 is 6.04. The van der Waals surface area contributed by atoms with Crippen LogP contribution in [-0.2, 0) is 13.6 Å². The molecule has 3 N–H and O–H groups in total. The fourth-order valence-electron chi connectivity index (χ4n) is 1.57. The number of benzene rings is 1. The number of anilines is 1. The summed E-state index contributed by atoms with van der Waals surface area (Å²) in [4.78, 5) is 11.1. The number of nitrogens with one attached hydrogen (secondary N) is 1. The molecule has 2 rings (SSSR count). The van der Waals surface area contributed by atoms with E-state index in [4.69, 9.17) is 17.3 Å². The van der Waals surface area contributed by atoms with Crippen LogP contribution in [0.3, 0.4) is 0 Å². The highest BCUT2D eigenvalue weighted by Crippen LogP contribution is 2.23. The summed E-state index contributed by atoms with van der Waals surface area (Å²) < 4.78 is 1.76. The largest absolute Gasteiger partial charge is 0.378 e.